The predicted octanol–water partition coefficient (Wildman–Crippen LogP) is 1.96. The van der Waals surface area contributed by atoms with Gasteiger partial charge in [-0.1, -0.05) is 0 Å². The number of pyridine rings is 1. The highest BCUT2D eigenvalue weighted by Crippen LogP contribution is 2.27. The lowest BCUT2D eigenvalue weighted by Crippen LogP contribution is -2.48. The molecule has 0 aromatic carbocycles. The zero-order valence-corrected chi connectivity index (χ0v) is 16.3. The quantitative estimate of drug-likeness (QED) is 0.739. The molecule has 9 heteroatoms. The Kier molecular flexibility index (Phi) is 4.81. The second-order valence-electron chi connectivity index (χ2n) is 7.13. The molecule has 4 rings (SSSR count). The zero-order chi connectivity index (χ0) is 19.7. The van der Waals surface area contributed by atoms with E-state index < -0.39 is 0 Å². The van der Waals surface area contributed by atoms with E-state index in [1.54, 1.807) is 25.6 Å². The van der Waals surface area contributed by atoms with E-state index in [9.17, 15) is 4.79 Å². The maximum absolute atomic E-state index is 11.5. The number of anilines is 3. The number of carbonyl (C=O) groups is 1. The Morgan fingerprint density at radius 3 is 2.64 bits per heavy atom. The number of hydrogen-bond acceptors (Lipinski definition) is 7. The van der Waals surface area contributed by atoms with Crippen LogP contribution >= 0.6 is 0 Å². The maximum Gasteiger partial charge on any atom is 0.227 e. The first kappa shape index (κ1) is 18.1. The van der Waals surface area contributed by atoms with Crippen molar-refractivity contribution >= 4 is 34.5 Å². The number of imidazole rings is 1. The highest BCUT2D eigenvalue weighted by Gasteiger charge is 2.22. The molecule has 0 spiro atoms. The molecule has 3 aromatic heterocycles. The smallest absolute Gasteiger partial charge is 0.227 e. The summed E-state index contributed by atoms with van der Waals surface area (Å²) in [6.45, 7) is 8.64. The van der Waals surface area contributed by atoms with Gasteiger partial charge in [-0.3, -0.25) is 4.79 Å². The Balaban J connectivity index is 1.61. The average molecular weight is 380 g/mol. The van der Waals surface area contributed by atoms with Crippen LogP contribution in [0.1, 0.15) is 20.8 Å². The molecule has 0 unspecified atom stereocenters. The summed E-state index contributed by atoms with van der Waals surface area (Å²) in [4.78, 5) is 38.8. The van der Waals surface area contributed by atoms with Crippen LogP contribution in [0.4, 0.5) is 17.6 Å². The zero-order valence-electron chi connectivity index (χ0n) is 16.3. The molecule has 1 saturated heterocycles. The van der Waals surface area contributed by atoms with Gasteiger partial charge in [0.15, 0.2) is 0 Å². The number of H-pyrrole nitrogens is 1. The number of carbonyl (C=O) groups excluding carboxylic acids is 1. The summed E-state index contributed by atoms with van der Waals surface area (Å²) in [7, 11) is 0. The van der Waals surface area contributed by atoms with Crippen molar-refractivity contribution in [3.8, 4) is 0 Å². The van der Waals surface area contributed by atoms with E-state index in [-0.39, 0.29) is 11.9 Å². The first-order valence-corrected chi connectivity index (χ1v) is 9.45. The van der Waals surface area contributed by atoms with Crippen LogP contribution in [0, 0.1) is 0 Å². The van der Waals surface area contributed by atoms with E-state index >= 15 is 0 Å². The lowest BCUT2D eigenvalue weighted by Gasteiger charge is -2.34. The van der Waals surface area contributed by atoms with Gasteiger partial charge in [-0.05, 0) is 19.9 Å². The van der Waals surface area contributed by atoms with Crippen molar-refractivity contribution in [3.05, 3.63) is 30.9 Å². The van der Waals surface area contributed by atoms with Gasteiger partial charge in [0, 0.05) is 51.4 Å². The molecule has 1 aliphatic heterocycles. The Morgan fingerprint density at radius 1 is 1.14 bits per heavy atom. The molecule has 0 bridgehead atoms. The second kappa shape index (κ2) is 7.41. The summed E-state index contributed by atoms with van der Waals surface area (Å²) in [6.07, 6.45) is 5.23. The molecule has 0 radical (unpaired) electrons. The third-order valence-electron chi connectivity index (χ3n) is 4.94. The van der Waals surface area contributed by atoms with Gasteiger partial charge in [0.1, 0.15) is 11.6 Å². The fourth-order valence-electron chi connectivity index (χ4n) is 3.45. The molecule has 0 atom stereocenters. The Bertz CT molecular complexity index is 977. The van der Waals surface area contributed by atoms with Crippen LogP contribution < -0.4 is 9.80 Å². The van der Waals surface area contributed by atoms with E-state index in [2.05, 4.69) is 43.6 Å². The number of fused-ring (bicyclic) bond motifs is 1. The van der Waals surface area contributed by atoms with E-state index in [0.717, 1.165) is 35.8 Å². The van der Waals surface area contributed by atoms with Crippen molar-refractivity contribution in [1.29, 1.82) is 0 Å². The minimum Gasteiger partial charge on any atom is -0.343 e. The number of aromatic nitrogens is 5. The van der Waals surface area contributed by atoms with Crippen molar-refractivity contribution in [2.75, 3.05) is 36.0 Å². The summed E-state index contributed by atoms with van der Waals surface area (Å²) >= 11 is 0. The number of amides is 1. The molecule has 1 amide bonds. The molecule has 28 heavy (non-hydrogen) atoms. The number of hydrogen-bond donors (Lipinski definition) is 1. The minimum atomic E-state index is 0.111. The molecule has 1 N–H and O–H groups in total. The second-order valence-corrected chi connectivity index (χ2v) is 7.13. The van der Waals surface area contributed by atoms with Gasteiger partial charge in [0.2, 0.25) is 11.9 Å². The molecule has 1 aliphatic rings. The largest absolute Gasteiger partial charge is 0.343 e. The summed E-state index contributed by atoms with van der Waals surface area (Å²) in [6, 6.07) is 4.01. The number of piperazine rings is 1. The van der Waals surface area contributed by atoms with E-state index in [4.69, 9.17) is 4.98 Å². The third-order valence-corrected chi connectivity index (χ3v) is 4.94. The molecular weight excluding hydrogens is 356 g/mol. The number of nitrogens with one attached hydrogen (secondary N) is 1. The molecule has 1 fully saturated rings. The van der Waals surface area contributed by atoms with Gasteiger partial charge in [-0.2, -0.15) is 4.98 Å². The van der Waals surface area contributed by atoms with Crippen LogP contribution in [0.15, 0.2) is 30.9 Å². The summed E-state index contributed by atoms with van der Waals surface area (Å²) in [5, 5.41) is 0. The molecule has 3 aromatic rings. The number of rotatable bonds is 4. The molecule has 146 valence electrons. The maximum atomic E-state index is 11.5. The third kappa shape index (κ3) is 3.47. The molecule has 4 heterocycles. The van der Waals surface area contributed by atoms with Gasteiger partial charge >= 0.3 is 0 Å². The SMILES string of the molecule is CC(=O)N1CCN(c2nccc(N(c3cc4nc[nH]c4cn3)C(C)C)n2)CC1. The first-order chi connectivity index (χ1) is 13.5. The lowest BCUT2D eigenvalue weighted by atomic mass is 10.3. The normalized spacial score (nSPS) is 14.7. The Morgan fingerprint density at radius 2 is 1.93 bits per heavy atom. The van der Waals surface area contributed by atoms with E-state index in [0.29, 0.717) is 19.0 Å². The highest BCUT2D eigenvalue weighted by molar-refractivity contribution is 5.78. The molecular formula is C19H24N8O. The lowest BCUT2D eigenvalue weighted by molar-refractivity contribution is -0.129. The topological polar surface area (TPSA) is 94.1 Å². The monoisotopic (exact) mass is 380 g/mol. The average Bonchev–Trinajstić information content (AvgIpc) is 3.16. The van der Waals surface area contributed by atoms with Crippen molar-refractivity contribution in [2.24, 2.45) is 0 Å². The van der Waals surface area contributed by atoms with Gasteiger partial charge in [-0.25, -0.2) is 15.0 Å². The van der Waals surface area contributed by atoms with Crippen LogP contribution in [-0.2, 0) is 4.79 Å². The standard InChI is InChI=1S/C19H24N8O/c1-13(2)27(18-10-15-16(11-21-18)23-12-22-15)17-4-5-20-19(24-17)26-8-6-25(7-9-26)14(3)28/h4-5,10-13H,6-9H2,1-3H3,(H,22,23). The van der Waals surface area contributed by atoms with Crippen molar-refractivity contribution in [1.82, 2.24) is 29.8 Å². The summed E-state index contributed by atoms with van der Waals surface area (Å²) in [5.74, 6) is 2.37. The van der Waals surface area contributed by atoms with Gasteiger partial charge < -0.3 is 19.7 Å². The van der Waals surface area contributed by atoms with Gasteiger partial charge in [0.05, 0.1) is 23.6 Å². The van der Waals surface area contributed by atoms with Crippen molar-refractivity contribution < 1.29 is 4.79 Å². The minimum absolute atomic E-state index is 0.111. The number of nitrogens with zero attached hydrogens (tertiary/aromatic N) is 7. The number of aromatic amines is 1. The van der Waals surface area contributed by atoms with Crippen LogP contribution in [-0.4, -0.2) is 67.9 Å². The van der Waals surface area contributed by atoms with Gasteiger partial charge in [0.25, 0.3) is 0 Å². The fourth-order valence-corrected chi connectivity index (χ4v) is 3.45. The Labute approximate surface area is 163 Å². The van der Waals surface area contributed by atoms with Crippen LogP contribution in [0.5, 0.6) is 0 Å². The highest BCUT2D eigenvalue weighted by atomic mass is 16.2. The van der Waals surface area contributed by atoms with Crippen LogP contribution in [0.25, 0.3) is 11.0 Å². The summed E-state index contributed by atoms with van der Waals surface area (Å²) in [5.41, 5.74) is 1.77. The molecule has 0 aliphatic carbocycles. The predicted molar refractivity (Wildman–Crippen MR) is 108 cm³/mol. The van der Waals surface area contributed by atoms with E-state index in [1.165, 1.54) is 0 Å². The molecule has 0 saturated carbocycles. The van der Waals surface area contributed by atoms with Crippen molar-refractivity contribution in [2.45, 2.75) is 26.8 Å². The fraction of sp³-hybridized carbons (Fsp3) is 0.421. The summed E-state index contributed by atoms with van der Waals surface area (Å²) < 4.78 is 0. The Hall–Kier alpha value is -3.23. The van der Waals surface area contributed by atoms with Crippen LogP contribution in [0.2, 0.25) is 0 Å². The first-order valence-electron chi connectivity index (χ1n) is 9.45. The van der Waals surface area contributed by atoms with Crippen molar-refractivity contribution in [3.63, 3.8) is 0 Å². The molecule has 9 nitrogen and oxygen atoms in total. The van der Waals surface area contributed by atoms with Crippen LogP contribution in [0.3, 0.4) is 0 Å². The van der Waals surface area contributed by atoms with E-state index in [1.807, 2.05) is 17.0 Å². The van der Waals surface area contributed by atoms with Gasteiger partial charge in [-0.15, -0.1) is 0 Å².